The molecule has 0 aliphatic carbocycles. The molecule has 0 aromatic heterocycles. The fourth-order valence-electron chi connectivity index (χ4n) is 2.16. The molecule has 0 saturated carbocycles. The number of rotatable bonds is 7. The van der Waals surface area contributed by atoms with Gasteiger partial charge in [-0.05, 0) is 43.7 Å². The Labute approximate surface area is 151 Å². The minimum atomic E-state index is -0.356. The molecule has 0 bridgehead atoms. The number of halogens is 1. The molecule has 2 aromatic rings. The molecule has 0 radical (unpaired) electrons. The van der Waals surface area contributed by atoms with Gasteiger partial charge in [0.15, 0.2) is 0 Å². The van der Waals surface area contributed by atoms with E-state index in [0.717, 1.165) is 5.56 Å². The molecule has 0 saturated heterocycles. The lowest BCUT2D eigenvalue weighted by Crippen LogP contribution is -2.33. The number of carbonyl (C=O) groups is 2. The summed E-state index contributed by atoms with van der Waals surface area (Å²) < 4.78 is 12.8. The quantitative estimate of drug-likeness (QED) is 0.790. The molecule has 2 amide bonds. The van der Waals surface area contributed by atoms with Gasteiger partial charge < -0.3 is 10.6 Å². The van der Waals surface area contributed by atoms with Gasteiger partial charge in [-0.25, -0.2) is 4.39 Å². The largest absolute Gasteiger partial charge is 0.349 e. The molecule has 0 heterocycles. The Morgan fingerprint density at radius 2 is 1.68 bits per heavy atom. The van der Waals surface area contributed by atoms with Crippen LogP contribution in [0.1, 0.15) is 25.5 Å². The van der Waals surface area contributed by atoms with Crippen molar-refractivity contribution in [2.24, 2.45) is 0 Å². The van der Waals surface area contributed by atoms with Crippen molar-refractivity contribution in [2.75, 3.05) is 11.1 Å². The van der Waals surface area contributed by atoms with Gasteiger partial charge in [0.1, 0.15) is 5.82 Å². The maximum atomic E-state index is 12.8. The first-order valence-corrected chi connectivity index (χ1v) is 9.03. The van der Waals surface area contributed by atoms with Gasteiger partial charge >= 0.3 is 0 Å². The number of benzene rings is 2. The third-order valence-corrected chi connectivity index (χ3v) is 4.76. The van der Waals surface area contributed by atoms with Crippen molar-refractivity contribution < 1.29 is 14.0 Å². The molecule has 2 unspecified atom stereocenters. The number of hydrogen-bond acceptors (Lipinski definition) is 3. The van der Waals surface area contributed by atoms with Gasteiger partial charge in [-0.3, -0.25) is 9.59 Å². The minimum absolute atomic E-state index is 0.0928. The van der Waals surface area contributed by atoms with Gasteiger partial charge in [-0.1, -0.05) is 30.3 Å². The number of nitrogens with one attached hydrogen (secondary N) is 2. The summed E-state index contributed by atoms with van der Waals surface area (Å²) in [4.78, 5) is 24.1. The first-order valence-electron chi connectivity index (χ1n) is 7.98. The average Bonchev–Trinajstić information content (AvgIpc) is 2.62. The fraction of sp³-hybridized carbons (Fsp3) is 0.263. The monoisotopic (exact) mass is 360 g/mol. The van der Waals surface area contributed by atoms with Crippen molar-refractivity contribution >= 4 is 29.3 Å². The summed E-state index contributed by atoms with van der Waals surface area (Å²) in [6.07, 6.45) is 0. The molecule has 0 spiro atoms. The van der Waals surface area contributed by atoms with Crippen LogP contribution >= 0.6 is 11.8 Å². The van der Waals surface area contributed by atoms with Crippen LogP contribution in [0.15, 0.2) is 54.6 Å². The van der Waals surface area contributed by atoms with Crippen molar-refractivity contribution in [1.29, 1.82) is 0 Å². The van der Waals surface area contributed by atoms with Crippen LogP contribution < -0.4 is 10.6 Å². The second-order valence-electron chi connectivity index (χ2n) is 5.65. The van der Waals surface area contributed by atoms with Gasteiger partial charge in [0.25, 0.3) is 0 Å². The average molecular weight is 360 g/mol. The van der Waals surface area contributed by atoms with E-state index in [4.69, 9.17) is 0 Å². The molecular formula is C19H21FN2O2S. The smallest absolute Gasteiger partial charge is 0.234 e. The Kier molecular flexibility index (Phi) is 7.01. The molecule has 6 heteroatoms. The summed E-state index contributed by atoms with van der Waals surface area (Å²) in [6, 6.07) is 15.2. The van der Waals surface area contributed by atoms with E-state index in [2.05, 4.69) is 10.6 Å². The molecule has 2 rings (SSSR count). The van der Waals surface area contributed by atoms with Crippen LogP contribution in [0.25, 0.3) is 0 Å². The standard InChI is InChI=1S/C19H21FN2O2S/c1-13(15-6-4-3-5-7-15)21-19(24)14(2)25-12-18(23)22-17-10-8-16(20)9-11-17/h3-11,13-14H,12H2,1-2H3,(H,21,24)(H,22,23). The predicted molar refractivity (Wildman–Crippen MR) is 99.9 cm³/mol. The van der Waals surface area contributed by atoms with Crippen LogP contribution in [0, 0.1) is 5.82 Å². The third-order valence-electron chi connectivity index (χ3n) is 3.62. The van der Waals surface area contributed by atoms with E-state index < -0.39 is 0 Å². The number of anilines is 1. The molecule has 4 nitrogen and oxygen atoms in total. The Morgan fingerprint density at radius 3 is 2.32 bits per heavy atom. The zero-order chi connectivity index (χ0) is 18.2. The van der Waals surface area contributed by atoms with Gasteiger partial charge in [0.2, 0.25) is 11.8 Å². The molecule has 0 fully saturated rings. The van der Waals surface area contributed by atoms with Gasteiger partial charge in [-0.15, -0.1) is 11.8 Å². The summed E-state index contributed by atoms with van der Waals surface area (Å²) in [5, 5.41) is 5.26. The summed E-state index contributed by atoms with van der Waals surface area (Å²) in [5.74, 6) is -0.556. The highest BCUT2D eigenvalue weighted by Crippen LogP contribution is 2.16. The molecule has 0 aliphatic heterocycles. The van der Waals surface area contributed by atoms with Crippen LogP contribution in [0.5, 0.6) is 0 Å². The highest BCUT2D eigenvalue weighted by atomic mass is 32.2. The number of carbonyl (C=O) groups excluding carboxylic acids is 2. The Bertz CT molecular complexity index is 707. The number of hydrogen-bond donors (Lipinski definition) is 2. The first-order chi connectivity index (χ1) is 12.0. The van der Waals surface area contributed by atoms with E-state index in [-0.39, 0.29) is 34.7 Å². The maximum absolute atomic E-state index is 12.8. The molecule has 132 valence electrons. The summed E-state index contributed by atoms with van der Waals surface area (Å²) in [7, 11) is 0. The van der Waals surface area contributed by atoms with Gasteiger partial charge in [0, 0.05) is 5.69 Å². The Hall–Kier alpha value is -2.34. The zero-order valence-electron chi connectivity index (χ0n) is 14.2. The Morgan fingerprint density at radius 1 is 1.04 bits per heavy atom. The SMILES string of the molecule is CC(SCC(=O)Nc1ccc(F)cc1)C(=O)NC(C)c1ccccc1. The van der Waals surface area contributed by atoms with E-state index in [0.29, 0.717) is 5.69 Å². The molecule has 2 N–H and O–H groups in total. The Balaban J connectivity index is 1.76. The third kappa shape index (κ3) is 6.23. The second-order valence-corrected chi connectivity index (χ2v) is 6.98. The summed E-state index contributed by atoms with van der Waals surface area (Å²) >= 11 is 1.25. The topological polar surface area (TPSA) is 58.2 Å². The van der Waals surface area contributed by atoms with E-state index in [9.17, 15) is 14.0 Å². The van der Waals surface area contributed by atoms with Crippen LogP contribution in [0.2, 0.25) is 0 Å². The summed E-state index contributed by atoms with van der Waals surface area (Å²) in [5.41, 5.74) is 1.56. The fourth-order valence-corrected chi connectivity index (χ4v) is 2.86. The highest BCUT2D eigenvalue weighted by molar-refractivity contribution is 8.01. The summed E-state index contributed by atoms with van der Waals surface area (Å²) in [6.45, 7) is 3.69. The van der Waals surface area contributed by atoms with E-state index in [1.54, 1.807) is 6.92 Å². The van der Waals surface area contributed by atoms with Crippen LogP contribution in [-0.2, 0) is 9.59 Å². The van der Waals surface area contributed by atoms with Crippen LogP contribution in [0.4, 0.5) is 10.1 Å². The van der Waals surface area contributed by atoms with E-state index in [1.165, 1.54) is 36.0 Å². The lowest BCUT2D eigenvalue weighted by Gasteiger charge is -2.17. The van der Waals surface area contributed by atoms with Crippen molar-refractivity contribution in [3.63, 3.8) is 0 Å². The molecule has 0 aliphatic rings. The zero-order valence-corrected chi connectivity index (χ0v) is 15.0. The van der Waals surface area contributed by atoms with E-state index >= 15 is 0 Å². The predicted octanol–water partition coefficient (Wildman–Crippen LogP) is 3.76. The highest BCUT2D eigenvalue weighted by Gasteiger charge is 2.17. The van der Waals surface area contributed by atoms with Crippen molar-refractivity contribution in [1.82, 2.24) is 5.32 Å². The molecule has 2 atom stereocenters. The molecule has 25 heavy (non-hydrogen) atoms. The lowest BCUT2D eigenvalue weighted by molar-refractivity contribution is -0.120. The first kappa shape index (κ1) is 19.0. The van der Waals surface area contributed by atoms with Crippen LogP contribution in [-0.4, -0.2) is 22.8 Å². The van der Waals surface area contributed by atoms with E-state index in [1.807, 2.05) is 37.3 Å². The van der Waals surface area contributed by atoms with Crippen molar-refractivity contribution in [2.45, 2.75) is 25.1 Å². The van der Waals surface area contributed by atoms with Gasteiger partial charge in [0.05, 0.1) is 17.0 Å². The minimum Gasteiger partial charge on any atom is -0.349 e. The van der Waals surface area contributed by atoms with Crippen molar-refractivity contribution in [3.05, 3.63) is 66.0 Å². The maximum Gasteiger partial charge on any atom is 0.234 e. The number of amides is 2. The lowest BCUT2D eigenvalue weighted by atomic mass is 10.1. The molecule has 2 aromatic carbocycles. The molecular weight excluding hydrogens is 339 g/mol. The second kappa shape index (κ2) is 9.22. The van der Waals surface area contributed by atoms with Crippen molar-refractivity contribution in [3.8, 4) is 0 Å². The van der Waals surface area contributed by atoms with Gasteiger partial charge in [-0.2, -0.15) is 0 Å². The normalized spacial score (nSPS) is 12.9. The van der Waals surface area contributed by atoms with Crippen LogP contribution in [0.3, 0.4) is 0 Å². The number of thioether (sulfide) groups is 1.